The fourth-order valence-electron chi connectivity index (χ4n) is 3.39. The average Bonchev–Trinajstić information content (AvgIpc) is 2.65. The van der Waals surface area contributed by atoms with Crippen LogP contribution in [0.15, 0.2) is 43.0 Å². The summed E-state index contributed by atoms with van der Waals surface area (Å²) in [5.74, 6) is 0.0375. The topological polar surface area (TPSA) is 49.4 Å². The van der Waals surface area contributed by atoms with Gasteiger partial charge in [0.25, 0.3) is 0 Å². The van der Waals surface area contributed by atoms with Gasteiger partial charge in [0.2, 0.25) is 11.8 Å². The number of likely N-dealkylation sites (tertiary alicyclic amines) is 1. The van der Waals surface area contributed by atoms with Crippen molar-refractivity contribution < 1.29 is 9.59 Å². The summed E-state index contributed by atoms with van der Waals surface area (Å²) in [6.07, 6.45) is 5.92. The van der Waals surface area contributed by atoms with Gasteiger partial charge in [-0.1, -0.05) is 56.7 Å². The van der Waals surface area contributed by atoms with Crippen LogP contribution in [0.2, 0.25) is 0 Å². The van der Waals surface area contributed by atoms with Crippen molar-refractivity contribution >= 4 is 11.8 Å². The molecule has 4 nitrogen and oxygen atoms in total. The van der Waals surface area contributed by atoms with Gasteiger partial charge in [-0.05, 0) is 30.9 Å². The van der Waals surface area contributed by atoms with E-state index in [0.717, 1.165) is 31.4 Å². The first-order valence-electron chi connectivity index (χ1n) is 8.89. The second-order valence-corrected chi connectivity index (χ2v) is 6.44. The van der Waals surface area contributed by atoms with Crippen LogP contribution in [-0.4, -0.2) is 36.3 Å². The third-order valence-electron chi connectivity index (χ3n) is 4.93. The predicted molar refractivity (Wildman–Crippen MR) is 96.7 cm³/mol. The number of hydrogen-bond acceptors (Lipinski definition) is 2. The van der Waals surface area contributed by atoms with Crippen molar-refractivity contribution in [1.29, 1.82) is 0 Å². The molecule has 0 bridgehead atoms. The lowest BCUT2D eigenvalue weighted by molar-refractivity contribution is -0.133. The maximum Gasteiger partial charge on any atom is 0.245 e. The van der Waals surface area contributed by atoms with E-state index in [1.165, 1.54) is 6.08 Å². The molecule has 0 atom stereocenters. The summed E-state index contributed by atoms with van der Waals surface area (Å²) in [6, 6.07) is 9.96. The normalized spacial score (nSPS) is 16.5. The molecule has 4 heteroatoms. The highest BCUT2D eigenvalue weighted by Gasteiger charge is 2.43. The van der Waals surface area contributed by atoms with Crippen molar-refractivity contribution in [3.8, 4) is 0 Å². The SMILES string of the molecule is C=CC(=O)N1CCC(C(=O)NCCCCC)(c2ccccc2)CC1. The fraction of sp³-hybridized carbons (Fsp3) is 0.500. The number of amides is 2. The number of carbonyl (C=O) groups is 2. The molecular weight excluding hydrogens is 300 g/mol. The van der Waals surface area contributed by atoms with Gasteiger partial charge in [-0.3, -0.25) is 9.59 Å². The zero-order valence-corrected chi connectivity index (χ0v) is 14.6. The highest BCUT2D eigenvalue weighted by molar-refractivity contribution is 5.90. The molecule has 1 aromatic carbocycles. The van der Waals surface area contributed by atoms with Gasteiger partial charge in [-0.2, -0.15) is 0 Å². The molecule has 0 radical (unpaired) electrons. The highest BCUT2D eigenvalue weighted by atomic mass is 16.2. The lowest BCUT2D eigenvalue weighted by Crippen LogP contribution is -2.52. The van der Waals surface area contributed by atoms with Gasteiger partial charge in [-0.15, -0.1) is 0 Å². The molecular formula is C20H28N2O2. The van der Waals surface area contributed by atoms with Crippen molar-refractivity contribution in [2.45, 2.75) is 44.4 Å². The Hall–Kier alpha value is -2.10. The summed E-state index contributed by atoms with van der Waals surface area (Å²) in [6.45, 7) is 7.59. The summed E-state index contributed by atoms with van der Waals surface area (Å²) in [5, 5.41) is 3.12. The van der Waals surface area contributed by atoms with E-state index in [1.807, 2.05) is 30.3 Å². The van der Waals surface area contributed by atoms with E-state index in [2.05, 4.69) is 18.8 Å². The van der Waals surface area contributed by atoms with E-state index >= 15 is 0 Å². The van der Waals surface area contributed by atoms with Gasteiger partial charge in [0.1, 0.15) is 0 Å². The Balaban J connectivity index is 2.14. The van der Waals surface area contributed by atoms with Crippen molar-refractivity contribution in [3.63, 3.8) is 0 Å². The Morgan fingerprint density at radius 1 is 1.21 bits per heavy atom. The standard InChI is InChI=1S/C20H28N2O2/c1-3-5-9-14-21-19(24)20(17-10-7-6-8-11-17)12-15-22(16-13-20)18(23)4-2/h4,6-8,10-11H,2-3,5,9,12-16H2,1H3,(H,21,24). The van der Waals surface area contributed by atoms with E-state index in [9.17, 15) is 9.59 Å². The van der Waals surface area contributed by atoms with Crippen LogP contribution in [0.5, 0.6) is 0 Å². The minimum atomic E-state index is -0.536. The second kappa shape index (κ2) is 8.67. The van der Waals surface area contributed by atoms with E-state index in [4.69, 9.17) is 0 Å². The molecule has 2 amide bonds. The van der Waals surface area contributed by atoms with Crippen LogP contribution in [0.4, 0.5) is 0 Å². The minimum Gasteiger partial charge on any atom is -0.355 e. The van der Waals surface area contributed by atoms with Crippen molar-refractivity contribution in [3.05, 3.63) is 48.6 Å². The number of hydrogen-bond donors (Lipinski definition) is 1. The smallest absolute Gasteiger partial charge is 0.245 e. The molecule has 0 spiro atoms. The Labute approximate surface area is 144 Å². The molecule has 1 N–H and O–H groups in total. The van der Waals surface area contributed by atoms with Crippen LogP contribution < -0.4 is 5.32 Å². The molecule has 0 aliphatic carbocycles. The van der Waals surface area contributed by atoms with Gasteiger partial charge in [0, 0.05) is 19.6 Å². The van der Waals surface area contributed by atoms with Crippen LogP contribution in [0.3, 0.4) is 0 Å². The average molecular weight is 328 g/mol. The van der Waals surface area contributed by atoms with Crippen LogP contribution in [0.25, 0.3) is 0 Å². The maximum atomic E-state index is 13.0. The van der Waals surface area contributed by atoms with E-state index < -0.39 is 5.41 Å². The fourth-order valence-corrected chi connectivity index (χ4v) is 3.39. The zero-order valence-electron chi connectivity index (χ0n) is 14.6. The van der Waals surface area contributed by atoms with Gasteiger partial charge >= 0.3 is 0 Å². The third kappa shape index (κ3) is 4.05. The largest absolute Gasteiger partial charge is 0.355 e. The van der Waals surface area contributed by atoms with Crippen LogP contribution in [0.1, 0.15) is 44.6 Å². The first-order valence-corrected chi connectivity index (χ1v) is 8.89. The van der Waals surface area contributed by atoms with Crippen molar-refractivity contribution in [2.75, 3.05) is 19.6 Å². The Bertz CT molecular complexity index is 560. The molecule has 1 saturated heterocycles. The first-order chi connectivity index (χ1) is 11.6. The zero-order chi connectivity index (χ0) is 17.4. The molecule has 1 fully saturated rings. The molecule has 1 aliphatic heterocycles. The van der Waals surface area contributed by atoms with Gasteiger partial charge in [0.05, 0.1) is 5.41 Å². The highest BCUT2D eigenvalue weighted by Crippen LogP contribution is 2.36. The molecule has 0 saturated carbocycles. The Morgan fingerprint density at radius 2 is 1.88 bits per heavy atom. The summed E-state index contributed by atoms with van der Waals surface area (Å²) in [7, 11) is 0. The van der Waals surface area contributed by atoms with Gasteiger partial charge < -0.3 is 10.2 Å². The maximum absolute atomic E-state index is 13.0. The van der Waals surface area contributed by atoms with E-state index in [0.29, 0.717) is 25.9 Å². The lowest BCUT2D eigenvalue weighted by atomic mass is 9.72. The molecule has 130 valence electrons. The number of unbranched alkanes of at least 4 members (excludes halogenated alkanes) is 2. The minimum absolute atomic E-state index is 0.0555. The van der Waals surface area contributed by atoms with E-state index in [1.54, 1.807) is 4.90 Å². The molecule has 1 heterocycles. The van der Waals surface area contributed by atoms with Crippen LogP contribution >= 0.6 is 0 Å². The van der Waals surface area contributed by atoms with Crippen molar-refractivity contribution in [2.24, 2.45) is 0 Å². The number of carbonyl (C=O) groups excluding carboxylic acids is 2. The Kier molecular flexibility index (Phi) is 6.59. The number of nitrogens with one attached hydrogen (secondary N) is 1. The van der Waals surface area contributed by atoms with Crippen LogP contribution in [-0.2, 0) is 15.0 Å². The van der Waals surface area contributed by atoms with E-state index in [-0.39, 0.29) is 11.8 Å². The molecule has 1 aliphatic rings. The lowest BCUT2D eigenvalue weighted by Gasteiger charge is -2.40. The molecule has 1 aromatic rings. The summed E-state index contributed by atoms with van der Waals surface area (Å²) in [5.41, 5.74) is 0.509. The quantitative estimate of drug-likeness (QED) is 0.618. The number of piperidine rings is 1. The molecule has 2 rings (SSSR count). The molecule has 0 aromatic heterocycles. The summed E-state index contributed by atoms with van der Waals surface area (Å²) in [4.78, 5) is 26.6. The van der Waals surface area contributed by atoms with Crippen LogP contribution in [0, 0.1) is 0 Å². The van der Waals surface area contributed by atoms with Gasteiger partial charge in [-0.25, -0.2) is 0 Å². The monoisotopic (exact) mass is 328 g/mol. The summed E-state index contributed by atoms with van der Waals surface area (Å²) >= 11 is 0. The number of benzene rings is 1. The Morgan fingerprint density at radius 3 is 2.46 bits per heavy atom. The molecule has 24 heavy (non-hydrogen) atoms. The van der Waals surface area contributed by atoms with Gasteiger partial charge in [0.15, 0.2) is 0 Å². The van der Waals surface area contributed by atoms with Crippen molar-refractivity contribution in [1.82, 2.24) is 10.2 Å². The third-order valence-corrected chi connectivity index (χ3v) is 4.93. The summed E-state index contributed by atoms with van der Waals surface area (Å²) < 4.78 is 0. The number of rotatable bonds is 7. The number of nitrogens with zero attached hydrogens (tertiary/aromatic N) is 1. The first kappa shape index (κ1) is 18.2. The molecule has 0 unspecified atom stereocenters. The second-order valence-electron chi connectivity index (χ2n) is 6.44. The predicted octanol–water partition coefficient (Wildman–Crippen LogP) is 3.04.